The van der Waals surface area contributed by atoms with Crippen LogP contribution in [0, 0.1) is 0 Å². The summed E-state index contributed by atoms with van der Waals surface area (Å²) in [6, 6.07) is 4.37. The number of ether oxygens (including phenoxy) is 2. The zero-order chi connectivity index (χ0) is 10.8. The minimum Gasteiger partial charge on any atom is -0.493 e. The maximum atomic E-state index is 11.0. The third-order valence-corrected chi connectivity index (χ3v) is 2.68. The third kappa shape index (κ3) is 2.07. The van der Waals surface area contributed by atoms with Gasteiger partial charge in [0, 0.05) is 0 Å². The van der Waals surface area contributed by atoms with E-state index >= 15 is 0 Å². The molecule has 0 spiro atoms. The number of methoxy groups -OCH3 is 2. The third-order valence-electron chi connectivity index (χ3n) is 1.70. The Hall–Kier alpha value is -1.03. The summed E-state index contributed by atoms with van der Waals surface area (Å²) in [5.41, 5.74) is 0. The number of rotatable bonds is 3. The van der Waals surface area contributed by atoms with Crippen LogP contribution in [0.1, 0.15) is 0 Å². The van der Waals surface area contributed by atoms with Crippen LogP contribution in [0.15, 0.2) is 18.2 Å². The fraction of sp³-hybridized carbons (Fsp3) is 0.250. The van der Waals surface area contributed by atoms with Crippen molar-refractivity contribution in [3.8, 4) is 11.5 Å². The van der Waals surface area contributed by atoms with Crippen molar-refractivity contribution in [2.45, 2.75) is 0 Å². The predicted octanol–water partition coefficient (Wildman–Crippen LogP) is 0.507. The molecule has 0 saturated heterocycles. The maximum Gasteiger partial charge on any atom is 0.360 e. The Morgan fingerprint density at radius 3 is 2.29 bits per heavy atom. The summed E-state index contributed by atoms with van der Waals surface area (Å²) in [6.45, 7) is 0. The molecule has 1 rings (SSSR count). The molecular weight excluding hydrogens is 207 g/mol. The molecule has 1 aromatic rings. The number of hydrogen-bond acceptors (Lipinski definition) is 3. The molecule has 0 unspecified atom stereocenters. The molecule has 5 nitrogen and oxygen atoms in total. The summed E-state index contributed by atoms with van der Waals surface area (Å²) in [7, 11) is -1.58. The standard InChI is InChI=1S/C8H11O5P/c1-12-6-4-3-5-7(8(6)13-2)14(9,10)11/h3-5H,1-2H3,(H2,9,10,11). The van der Waals surface area contributed by atoms with Crippen LogP contribution in [0.4, 0.5) is 0 Å². The fourth-order valence-electron chi connectivity index (χ4n) is 1.10. The lowest BCUT2D eigenvalue weighted by Crippen LogP contribution is -2.09. The minimum absolute atomic E-state index is 0.0725. The summed E-state index contributed by atoms with van der Waals surface area (Å²) >= 11 is 0. The first-order chi connectivity index (χ1) is 6.50. The van der Waals surface area contributed by atoms with E-state index in [1.807, 2.05) is 0 Å². The Labute approximate surface area is 81.4 Å². The molecule has 0 amide bonds. The quantitative estimate of drug-likeness (QED) is 0.723. The van der Waals surface area contributed by atoms with Crippen molar-refractivity contribution in [3.63, 3.8) is 0 Å². The van der Waals surface area contributed by atoms with Crippen molar-refractivity contribution in [2.24, 2.45) is 0 Å². The van der Waals surface area contributed by atoms with Gasteiger partial charge in [0.15, 0.2) is 11.5 Å². The minimum atomic E-state index is -4.32. The van der Waals surface area contributed by atoms with E-state index in [4.69, 9.17) is 19.3 Å². The molecule has 14 heavy (non-hydrogen) atoms. The van der Waals surface area contributed by atoms with Gasteiger partial charge in [-0.15, -0.1) is 0 Å². The van der Waals surface area contributed by atoms with E-state index in [2.05, 4.69) is 0 Å². The van der Waals surface area contributed by atoms with Gasteiger partial charge in [-0.2, -0.15) is 0 Å². The van der Waals surface area contributed by atoms with E-state index in [0.29, 0.717) is 5.75 Å². The van der Waals surface area contributed by atoms with Crippen molar-refractivity contribution in [1.29, 1.82) is 0 Å². The molecule has 6 heteroatoms. The van der Waals surface area contributed by atoms with Gasteiger partial charge in [0.25, 0.3) is 0 Å². The Morgan fingerprint density at radius 1 is 1.21 bits per heavy atom. The molecule has 1 aromatic carbocycles. The van der Waals surface area contributed by atoms with E-state index in [0.717, 1.165) is 0 Å². The molecule has 78 valence electrons. The van der Waals surface area contributed by atoms with Crippen LogP contribution in [0.5, 0.6) is 11.5 Å². The average Bonchev–Trinajstić information content (AvgIpc) is 2.15. The molecule has 0 aliphatic heterocycles. The highest BCUT2D eigenvalue weighted by atomic mass is 31.2. The largest absolute Gasteiger partial charge is 0.493 e. The SMILES string of the molecule is COc1cccc(P(=O)(O)O)c1OC. The predicted molar refractivity (Wildman–Crippen MR) is 51.2 cm³/mol. The molecule has 0 atom stereocenters. The van der Waals surface area contributed by atoms with Crippen LogP contribution < -0.4 is 14.8 Å². The first kappa shape index (κ1) is 11.0. The van der Waals surface area contributed by atoms with Crippen LogP contribution in [0.2, 0.25) is 0 Å². The molecule has 0 saturated carbocycles. The molecule has 0 aliphatic carbocycles. The molecular formula is C8H11O5P. The van der Waals surface area contributed by atoms with E-state index < -0.39 is 7.60 Å². The van der Waals surface area contributed by atoms with Crippen LogP contribution in [-0.2, 0) is 4.57 Å². The maximum absolute atomic E-state index is 11.0. The molecule has 0 radical (unpaired) electrons. The second-order valence-corrected chi connectivity index (χ2v) is 4.13. The number of para-hydroxylation sites is 1. The van der Waals surface area contributed by atoms with Crippen LogP contribution >= 0.6 is 7.60 Å². The Balaban J connectivity index is 3.37. The van der Waals surface area contributed by atoms with Gasteiger partial charge >= 0.3 is 7.60 Å². The van der Waals surface area contributed by atoms with Gasteiger partial charge in [-0.25, -0.2) is 0 Å². The van der Waals surface area contributed by atoms with Crippen molar-refractivity contribution in [1.82, 2.24) is 0 Å². The van der Waals surface area contributed by atoms with Gasteiger partial charge in [-0.05, 0) is 12.1 Å². The molecule has 0 aromatic heterocycles. The van der Waals surface area contributed by atoms with Crippen LogP contribution in [0.25, 0.3) is 0 Å². The summed E-state index contributed by atoms with van der Waals surface area (Å²) in [6.07, 6.45) is 0. The molecule has 2 N–H and O–H groups in total. The van der Waals surface area contributed by atoms with E-state index in [-0.39, 0.29) is 11.1 Å². The molecule has 0 fully saturated rings. The summed E-state index contributed by atoms with van der Waals surface area (Å²) in [5.74, 6) is 0.372. The number of hydrogen-bond donors (Lipinski definition) is 2. The van der Waals surface area contributed by atoms with E-state index in [1.165, 1.54) is 26.4 Å². The van der Waals surface area contributed by atoms with Crippen molar-refractivity contribution in [2.75, 3.05) is 14.2 Å². The lowest BCUT2D eigenvalue weighted by Gasteiger charge is -2.12. The summed E-state index contributed by atoms with van der Waals surface area (Å²) in [4.78, 5) is 18.0. The Morgan fingerprint density at radius 2 is 1.86 bits per heavy atom. The Kier molecular flexibility index (Phi) is 3.16. The second-order valence-electron chi connectivity index (χ2n) is 2.56. The summed E-state index contributed by atoms with van der Waals surface area (Å²) < 4.78 is 20.8. The van der Waals surface area contributed by atoms with Crippen molar-refractivity contribution in [3.05, 3.63) is 18.2 Å². The smallest absolute Gasteiger partial charge is 0.360 e. The normalized spacial score (nSPS) is 11.1. The zero-order valence-electron chi connectivity index (χ0n) is 7.80. The lowest BCUT2D eigenvalue weighted by molar-refractivity contribution is 0.352. The molecule has 0 bridgehead atoms. The van der Waals surface area contributed by atoms with Gasteiger partial charge in [0.2, 0.25) is 0 Å². The van der Waals surface area contributed by atoms with Gasteiger partial charge in [-0.3, -0.25) is 4.57 Å². The van der Waals surface area contributed by atoms with Gasteiger partial charge in [0.05, 0.1) is 14.2 Å². The summed E-state index contributed by atoms with van der Waals surface area (Å²) in [5, 5.41) is -0.167. The van der Waals surface area contributed by atoms with Crippen molar-refractivity contribution >= 4 is 12.9 Å². The van der Waals surface area contributed by atoms with E-state index in [9.17, 15) is 4.57 Å². The molecule has 0 heterocycles. The monoisotopic (exact) mass is 218 g/mol. The Bertz CT molecular complexity index is 370. The highest BCUT2D eigenvalue weighted by Crippen LogP contribution is 2.40. The first-order valence-corrected chi connectivity index (χ1v) is 5.39. The van der Waals surface area contributed by atoms with Crippen LogP contribution in [0.3, 0.4) is 0 Å². The fourth-order valence-corrected chi connectivity index (χ4v) is 1.85. The molecule has 0 aliphatic rings. The lowest BCUT2D eigenvalue weighted by atomic mass is 10.3. The highest BCUT2D eigenvalue weighted by Gasteiger charge is 2.24. The first-order valence-electron chi connectivity index (χ1n) is 3.77. The van der Waals surface area contributed by atoms with Gasteiger partial charge < -0.3 is 19.3 Å². The number of benzene rings is 1. The van der Waals surface area contributed by atoms with Crippen LogP contribution in [-0.4, -0.2) is 24.0 Å². The van der Waals surface area contributed by atoms with Gasteiger partial charge in [0.1, 0.15) is 5.30 Å². The second kappa shape index (κ2) is 4.00. The average molecular weight is 218 g/mol. The van der Waals surface area contributed by atoms with Crippen molar-refractivity contribution < 1.29 is 23.8 Å². The topological polar surface area (TPSA) is 76.0 Å². The zero-order valence-corrected chi connectivity index (χ0v) is 8.69. The van der Waals surface area contributed by atoms with E-state index in [1.54, 1.807) is 6.07 Å². The highest BCUT2D eigenvalue weighted by molar-refractivity contribution is 7.60. The van der Waals surface area contributed by atoms with Gasteiger partial charge in [-0.1, -0.05) is 6.07 Å².